The molecule has 1 fully saturated rings. The Hall–Kier alpha value is -1.39. The van der Waals surface area contributed by atoms with Gasteiger partial charge in [0.2, 0.25) is 5.91 Å². The van der Waals surface area contributed by atoms with Gasteiger partial charge in [-0.05, 0) is 49.7 Å². The van der Waals surface area contributed by atoms with E-state index in [1.807, 2.05) is 4.90 Å². The molecule has 1 aromatic rings. The summed E-state index contributed by atoms with van der Waals surface area (Å²) in [6, 6.07) is 8.99. The summed E-state index contributed by atoms with van der Waals surface area (Å²) in [7, 11) is 0. The first-order valence-electron chi connectivity index (χ1n) is 9.50. The Kier molecular flexibility index (Phi) is 6.27. The van der Waals surface area contributed by atoms with E-state index in [2.05, 4.69) is 29.2 Å². The van der Waals surface area contributed by atoms with Gasteiger partial charge in [-0.1, -0.05) is 24.3 Å². The van der Waals surface area contributed by atoms with Crippen LogP contribution in [-0.4, -0.2) is 53.6 Å². The lowest BCUT2D eigenvalue weighted by Gasteiger charge is -2.36. The molecular formula is C20H30N2O2. The van der Waals surface area contributed by atoms with Gasteiger partial charge in [0, 0.05) is 38.6 Å². The van der Waals surface area contributed by atoms with E-state index in [-0.39, 0.29) is 12.5 Å². The minimum atomic E-state index is 0.149. The van der Waals surface area contributed by atoms with E-state index in [9.17, 15) is 9.90 Å². The van der Waals surface area contributed by atoms with Crippen molar-refractivity contribution in [2.75, 3.05) is 32.8 Å². The number of benzene rings is 1. The Morgan fingerprint density at radius 1 is 1.12 bits per heavy atom. The SMILES string of the molecule is O=C(CCN(CCO)C1CCCc2ccccc21)N1CCCCC1. The number of carbonyl (C=O) groups is 1. The average Bonchev–Trinajstić information content (AvgIpc) is 2.65. The molecule has 1 saturated heterocycles. The fraction of sp³-hybridized carbons (Fsp3) is 0.650. The number of piperidine rings is 1. The number of carbonyl (C=O) groups excluding carboxylic acids is 1. The van der Waals surface area contributed by atoms with Crippen LogP contribution in [0.2, 0.25) is 0 Å². The fourth-order valence-electron chi connectivity index (χ4n) is 4.20. The number of hydrogen-bond donors (Lipinski definition) is 1. The first-order chi connectivity index (χ1) is 11.8. The Balaban J connectivity index is 1.63. The molecule has 4 nitrogen and oxygen atoms in total. The third kappa shape index (κ3) is 4.17. The monoisotopic (exact) mass is 330 g/mol. The van der Waals surface area contributed by atoms with Gasteiger partial charge in [-0.25, -0.2) is 0 Å². The highest BCUT2D eigenvalue weighted by molar-refractivity contribution is 5.76. The van der Waals surface area contributed by atoms with Gasteiger partial charge in [0.1, 0.15) is 0 Å². The van der Waals surface area contributed by atoms with Gasteiger partial charge >= 0.3 is 0 Å². The Labute approximate surface area is 145 Å². The molecule has 4 heteroatoms. The summed E-state index contributed by atoms with van der Waals surface area (Å²) >= 11 is 0. The lowest BCUT2D eigenvalue weighted by atomic mass is 9.86. The van der Waals surface area contributed by atoms with Crippen LogP contribution in [0.25, 0.3) is 0 Å². The zero-order chi connectivity index (χ0) is 16.8. The van der Waals surface area contributed by atoms with E-state index < -0.39 is 0 Å². The maximum atomic E-state index is 12.5. The second-order valence-electron chi connectivity index (χ2n) is 7.06. The second-order valence-corrected chi connectivity index (χ2v) is 7.06. The number of fused-ring (bicyclic) bond motifs is 1. The molecule has 0 radical (unpaired) electrons. The van der Waals surface area contributed by atoms with E-state index in [1.165, 1.54) is 24.0 Å². The molecule has 3 rings (SSSR count). The topological polar surface area (TPSA) is 43.8 Å². The zero-order valence-electron chi connectivity index (χ0n) is 14.6. The molecule has 0 bridgehead atoms. The lowest BCUT2D eigenvalue weighted by molar-refractivity contribution is -0.132. The number of aliphatic hydroxyl groups excluding tert-OH is 1. The lowest BCUT2D eigenvalue weighted by Crippen LogP contribution is -2.40. The van der Waals surface area contributed by atoms with Crippen LogP contribution in [0, 0.1) is 0 Å². The number of aliphatic hydroxyl groups is 1. The molecule has 0 aromatic heterocycles. The number of aryl methyl sites for hydroxylation is 1. The molecule has 1 atom stereocenters. The Bertz CT molecular complexity index is 540. The number of amides is 1. The summed E-state index contributed by atoms with van der Waals surface area (Å²) in [5, 5.41) is 9.49. The van der Waals surface area contributed by atoms with Crippen molar-refractivity contribution < 1.29 is 9.90 Å². The molecule has 1 N–H and O–H groups in total. The first kappa shape index (κ1) is 17.4. The molecule has 1 heterocycles. The van der Waals surface area contributed by atoms with Gasteiger partial charge in [0.15, 0.2) is 0 Å². The van der Waals surface area contributed by atoms with Crippen molar-refractivity contribution in [2.45, 2.75) is 51.0 Å². The third-order valence-corrected chi connectivity index (χ3v) is 5.49. The van der Waals surface area contributed by atoms with Crippen LogP contribution in [0.4, 0.5) is 0 Å². The van der Waals surface area contributed by atoms with Crippen LogP contribution in [0.1, 0.15) is 55.7 Å². The highest BCUT2D eigenvalue weighted by Crippen LogP contribution is 2.34. The fourth-order valence-corrected chi connectivity index (χ4v) is 4.20. The normalized spacial score (nSPS) is 20.9. The minimum absolute atomic E-state index is 0.149. The standard InChI is InChI=1S/C20H30N2O2/c23-16-15-21(14-11-20(24)22-12-4-1-5-13-22)19-10-6-8-17-7-2-3-9-18(17)19/h2-3,7,9,19,23H,1,4-6,8,10-16H2. The highest BCUT2D eigenvalue weighted by Gasteiger charge is 2.26. The van der Waals surface area contributed by atoms with Crippen LogP contribution < -0.4 is 0 Å². The van der Waals surface area contributed by atoms with E-state index in [0.29, 0.717) is 19.0 Å². The zero-order valence-corrected chi connectivity index (χ0v) is 14.6. The Morgan fingerprint density at radius 3 is 2.71 bits per heavy atom. The maximum Gasteiger partial charge on any atom is 0.223 e. The summed E-state index contributed by atoms with van der Waals surface area (Å²) in [6.45, 7) is 3.38. The molecule has 24 heavy (non-hydrogen) atoms. The second kappa shape index (κ2) is 8.63. The van der Waals surface area contributed by atoms with Crippen molar-refractivity contribution in [3.8, 4) is 0 Å². The molecule has 1 unspecified atom stereocenters. The average molecular weight is 330 g/mol. The third-order valence-electron chi connectivity index (χ3n) is 5.49. The summed E-state index contributed by atoms with van der Waals surface area (Å²) in [5.74, 6) is 0.279. The molecule has 132 valence electrons. The summed E-state index contributed by atoms with van der Waals surface area (Å²) < 4.78 is 0. The molecule has 0 saturated carbocycles. The number of nitrogens with zero attached hydrogens (tertiary/aromatic N) is 2. The number of rotatable bonds is 6. The molecule has 1 aliphatic heterocycles. The smallest absolute Gasteiger partial charge is 0.223 e. The van der Waals surface area contributed by atoms with Crippen molar-refractivity contribution in [3.63, 3.8) is 0 Å². The molecule has 0 spiro atoms. The van der Waals surface area contributed by atoms with Crippen LogP contribution in [0.5, 0.6) is 0 Å². The summed E-state index contributed by atoms with van der Waals surface area (Å²) in [5.41, 5.74) is 2.82. The van der Waals surface area contributed by atoms with Crippen molar-refractivity contribution >= 4 is 5.91 Å². The van der Waals surface area contributed by atoms with Gasteiger partial charge < -0.3 is 10.0 Å². The molecule has 1 aromatic carbocycles. The quantitative estimate of drug-likeness (QED) is 0.872. The van der Waals surface area contributed by atoms with Gasteiger partial charge in [0.05, 0.1) is 6.61 Å². The van der Waals surface area contributed by atoms with Gasteiger partial charge in [-0.3, -0.25) is 9.69 Å². The van der Waals surface area contributed by atoms with Gasteiger partial charge in [-0.2, -0.15) is 0 Å². The maximum absolute atomic E-state index is 12.5. The van der Waals surface area contributed by atoms with Crippen LogP contribution in [0.3, 0.4) is 0 Å². The van der Waals surface area contributed by atoms with E-state index in [0.717, 1.165) is 45.3 Å². The van der Waals surface area contributed by atoms with Crippen LogP contribution in [-0.2, 0) is 11.2 Å². The van der Waals surface area contributed by atoms with Gasteiger partial charge in [-0.15, -0.1) is 0 Å². The number of likely N-dealkylation sites (tertiary alicyclic amines) is 1. The van der Waals surface area contributed by atoms with E-state index in [4.69, 9.17) is 0 Å². The first-order valence-corrected chi connectivity index (χ1v) is 9.50. The predicted molar refractivity (Wildman–Crippen MR) is 95.8 cm³/mol. The van der Waals surface area contributed by atoms with E-state index in [1.54, 1.807) is 0 Å². The molecule has 1 amide bonds. The predicted octanol–water partition coefficient (Wildman–Crippen LogP) is 2.76. The van der Waals surface area contributed by atoms with Gasteiger partial charge in [0.25, 0.3) is 0 Å². The highest BCUT2D eigenvalue weighted by atomic mass is 16.3. The largest absolute Gasteiger partial charge is 0.395 e. The van der Waals surface area contributed by atoms with Crippen molar-refractivity contribution in [1.82, 2.24) is 9.80 Å². The molecule has 2 aliphatic rings. The minimum Gasteiger partial charge on any atom is -0.395 e. The molecular weight excluding hydrogens is 300 g/mol. The van der Waals surface area contributed by atoms with E-state index >= 15 is 0 Å². The summed E-state index contributed by atoms with van der Waals surface area (Å²) in [4.78, 5) is 16.8. The van der Waals surface area contributed by atoms with Crippen molar-refractivity contribution in [2.24, 2.45) is 0 Å². The van der Waals surface area contributed by atoms with Crippen molar-refractivity contribution in [1.29, 1.82) is 0 Å². The van der Waals surface area contributed by atoms with Crippen LogP contribution in [0.15, 0.2) is 24.3 Å². The number of hydrogen-bond acceptors (Lipinski definition) is 3. The Morgan fingerprint density at radius 2 is 1.92 bits per heavy atom. The molecule has 1 aliphatic carbocycles. The van der Waals surface area contributed by atoms with Crippen LogP contribution >= 0.6 is 0 Å². The van der Waals surface area contributed by atoms with Crippen molar-refractivity contribution in [3.05, 3.63) is 35.4 Å². The summed E-state index contributed by atoms with van der Waals surface area (Å²) in [6.07, 6.45) is 7.55.